The lowest BCUT2D eigenvalue weighted by molar-refractivity contribution is -0.171. The highest BCUT2D eigenvalue weighted by atomic mass is 35.5. The summed E-state index contributed by atoms with van der Waals surface area (Å²) in [7, 11) is 0. The van der Waals surface area contributed by atoms with Gasteiger partial charge in [0.25, 0.3) is 0 Å². The zero-order chi connectivity index (χ0) is 32.9. The molecule has 0 fully saturated rings. The van der Waals surface area contributed by atoms with Gasteiger partial charge >= 0.3 is 6.05 Å². The molecule has 2 heterocycles. The number of fused-ring (bicyclic) bond motifs is 1. The van der Waals surface area contributed by atoms with Crippen molar-refractivity contribution >= 4 is 33.9 Å². The van der Waals surface area contributed by atoms with Crippen LogP contribution in [0.3, 0.4) is 0 Å². The normalized spacial score (nSPS) is 14.7. The number of nitriles is 3. The first-order valence-electron chi connectivity index (χ1n) is 13.9. The molecule has 0 radical (unpaired) electrons. The number of aliphatic hydroxyl groups is 2. The summed E-state index contributed by atoms with van der Waals surface area (Å²) in [6, 6.07) is 20.6. The zero-order valence-corrected chi connectivity index (χ0v) is 24.7. The fourth-order valence-electron chi connectivity index (χ4n) is 5.03. The van der Waals surface area contributed by atoms with Crippen LogP contribution in [-0.2, 0) is 5.72 Å². The highest BCUT2D eigenvalue weighted by molar-refractivity contribution is 6.35. The summed E-state index contributed by atoms with van der Waals surface area (Å²) in [5.41, 5.74) is 4.57. The van der Waals surface area contributed by atoms with Gasteiger partial charge in [0, 0.05) is 35.5 Å². The maximum atomic E-state index is 14.3. The number of hydrazine groups is 2. The molecule has 11 nitrogen and oxygen atoms in total. The number of pyridine rings is 1. The first-order chi connectivity index (χ1) is 22.1. The van der Waals surface area contributed by atoms with Crippen LogP contribution in [-0.4, -0.2) is 32.9 Å². The van der Waals surface area contributed by atoms with Gasteiger partial charge < -0.3 is 26.3 Å². The lowest BCUT2D eigenvalue weighted by Crippen LogP contribution is -2.50. The van der Waals surface area contributed by atoms with Crippen molar-refractivity contribution in [2.24, 2.45) is 0 Å². The molecule has 232 valence electrons. The van der Waals surface area contributed by atoms with Crippen molar-refractivity contribution in [3.8, 4) is 18.2 Å². The minimum absolute atomic E-state index is 0.111. The molecular weight excluding hydrogens is 616 g/mol. The Morgan fingerprint density at radius 2 is 1.83 bits per heavy atom. The molecule has 6 N–H and O–H groups in total. The van der Waals surface area contributed by atoms with Crippen LogP contribution in [0.1, 0.15) is 41.1 Å². The number of hydrogen-bond acceptors (Lipinski definition) is 11. The highest BCUT2D eigenvalue weighted by Crippen LogP contribution is 2.39. The zero-order valence-electron chi connectivity index (χ0n) is 24.0. The Hall–Kier alpha value is -5.49. The second-order valence-electron chi connectivity index (χ2n) is 10.3. The van der Waals surface area contributed by atoms with Gasteiger partial charge in [0.1, 0.15) is 18.4 Å². The van der Waals surface area contributed by atoms with E-state index in [4.69, 9.17) is 11.6 Å². The van der Waals surface area contributed by atoms with E-state index >= 15 is 0 Å². The number of halogens is 3. The smallest absolute Gasteiger partial charge is 0.362 e. The molecule has 5 rings (SSSR count). The molecule has 1 aliphatic rings. The van der Waals surface area contributed by atoms with E-state index in [2.05, 4.69) is 38.7 Å². The van der Waals surface area contributed by atoms with E-state index in [0.717, 1.165) is 11.8 Å². The van der Waals surface area contributed by atoms with Crippen molar-refractivity contribution in [3.05, 3.63) is 112 Å². The van der Waals surface area contributed by atoms with Crippen molar-refractivity contribution < 1.29 is 19.0 Å². The Kier molecular flexibility index (Phi) is 9.19. The molecule has 0 unspecified atom stereocenters. The molecule has 0 saturated heterocycles. The van der Waals surface area contributed by atoms with Crippen molar-refractivity contribution in [1.29, 1.82) is 15.8 Å². The SMILES string of the molecule is N#CCC[C@@H](Nc1c(C#N)cnc2c(Cl)cc(N[C@@](O)(C3=CN(C(F)(F)CO)NN3)c3cccc(C#N)c3)cc12)c1ccccc1. The molecular formula is C32H26ClF2N9O2. The first kappa shape index (κ1) is 31.9. The van der Waals surface area contributed by atoms with Crippen LogP contribution in [0.15, 0.2) is 84.8 Å². The van der Waals surface area contributed by atoms with Crippen molar-refractivity contribution in [2.45, 2.75) is 30.7 Å². The summed E-state index contributed by atoms with van der Waals surface area (Å²) in [5, 5.41) is 57.3. The van der Waals surface area contributed by atoms with E-state index in [0.29, 0.717) is 28.0 Å². The minimum Gasteiger partial charge on any atom is -0.388 e. The van der Waals surface area contributed by atoms with Gasteiger partial charge in [0.2, 0.25) is 5.72 Å². The van der Waals surface area contributed by atoms with Crippen LogP contribution < -0.4 is 21.6 Å². The van der Waals surface area contributed by atoms with Gasteiger partial charge in [-0.3, -0.25) is 4.98 Å². The van der Waals surface area contributed by atoms with Gasteiger partial charge in [0.05, 0.1) is 45.5 Å². The third-order valence-corrected chi connectivity index (χ3v) is 7.64. The summed E-state index contributed by atoms with van der Waals surface area (Å²) in [5.74, 6) is 0. The number of hydrogen-bond donors (Lipinski definition) is 6. The van der Waals surface area contributed by atoms with Gasteiger partial charge in [-0.05, 0) is 36.2 Å². The predicted octanol–water partition coefficient (Wildman–Crippen LogP) is 5.10. The van der Waals surface area contributed by atoms with E-state index < -0.39 is 18.4 Å². The monoisotopic (exact) mass is 641 g/mol. The molecule has 0 aliphatic carbocycles. The number of benzene rings is 3. The van der Waals surface area contributed by atoms with Gasteiger partial charge in [-0.25, -0.2) is 5.01 Å². The van der Waals surface area contributed by atoms with Crippen LogP contribution in [0, 0.1) is 34.0 Å². The summed E-state index contributed by atoms with van der Waals surface area (Å²) in [6.07, 6.45) is 2.93. The second kappa shape index (κ2) is 13.2. The Balaban J connectivity index is 1.64. The second-order valence-corrected chi connectivity index (χ2v) is 10.7. The van der Waals surface area contributed by atoms with Gasteiger partial charge in [0.15, 0.2) is 0 Å². The summed E-state index contributed by atoms with van der Waals surface area (Å²) < 4.78 is 28.6. The molecule has 46 heavy (non-hydrogen) atoms. The molecule has 3 aromatic carbocycles. The third kappa shape index (κ3) is 6.33. The highest BCUT2D eigenvalue weighted by Gasteiger charge is 2.43. The van der Waals surface area contributed by atoms with Crippen molar-refractivity contribution in [2.75, 3.05) is 17.2 Å². The number of aliphatic hydroxyl groups excluding tert-OH is 1. The number of nitrogens with zero attached hydrogens (tertiary/aromatic N) is 5. The van der Waals surface area contributed by atoms with Crippen LogP contribution in [0.4, 0.5) is 20.2 Å². The fraction of sp³-hybridized carbons (Fsp3) is 0.188. The molecule has 0 saturated carbocycles. The number of aromatic nitrogens is 1. The molecule has 0 bridgehead atoms. The first-order valence-corrected chi connectivity index (χ1v) is 14.2. The molecule has 1 aromatic heterocycles. The average Bonchev–Trinajstić information content (AvgIpc) is 3.59. The number of nitrogens with one attached hydrogen (secondary N) is 4. The van der Waals surface area contributed by atoms with E-state index in [1.165, 1.54) is 36.5 Å². The quantitative estimate of drug-likeness (QED) is 0.0949. The average molecular weight is 642 g/mol. The minimum atomic E-state index is -3.73. The van der Waals surface area contributed by atoms with E-state index in [1.54, 1.807) is 6.07 Å². The van der Waals surface area contributed by atoms with E-state index in [-0.39, 0.29) is 45.6 Å². The van der Waals surface area contributed by atoms with Gasteiger partial charge in [-0.15, -0.1) is 5.53 Å². The number of anilines is 2. The largest absolute Gasteiger partial charge is 0.388 e. The van der Waals surface area contributed by atoms with Crippen LogP contribution in [0.2, 0.25) is 5.02 Å². The molecule has 0 spiro atoms. The van der Waals surface area contributed by atoms with Crippen LogP contribution >= 0.6 is 11.6 Å². The van der Waals surface area contributed by atoms with Crippen molar-refractivity contribution in [1.82, 2.24) is 21.0 Å². The van der Waals surface area contributed by atoms with E-state index in [1.807, 2.05) is 36.4 Å². The predicted molar refractivity (Wildman–Crippen MR) is 166 cm³/mol. The molecule has 0 amide bonds. The Morgan fingerprint density at radius 3 is 2.52 bits per heavy atom. The van der Waals surface area contributed by atoms with Crippen molar-refractivity contribution in [3.63, 3.8) is 0 Å². The topological polar surface area (TPSA) is 176 Å². The maximum Gasteiger partial charge on any atom is 0.362 e. The number of alkyl halides is 2. The third-order valence-electron chi connectivity index (χ3n) is 7.35. The lowest BCUT2D eigenvalue weighted by Gasteiger charge is -2.32. The van der Waals surface area contributed by atoms with Gasteiger partial charge in [-0.2, -0.15) is 24.6 Å². The molecule has 1 aliphatic heterocycles. The standard InChI is InChI=1S/C32H26ClF2N9O2/c33-26-14-24(41-32(46,23-9-4-6-20(12-23)15-37)28-18-44(43-42-28)31(34,35)19-45)13-25-29(22(16-38)17-39-30(25)26)40-27(10-5-11-36)21-7-2-1-3-8-21/h1-4,6-9,12-14,17-18,27,41-43,45-46H,5,10,19H2,(H,39,40)/t27-,32+/m1/s1. The molecule has 14 heteroatoms. The summed E-state index contributed by atoms with van der Waals surface area (Å²) in [6.45, 7) is -1.51. The summed E-state index contributed by atoms with van der Waals surface area (Å²) in [4.78, 5) is 4.38. The molecule has 4 aromatic rings. The summed E-state index contributed by atoms with van der Waals surface area (Å²) >= 11 is 6.69. The maximum absolute atomic E-state index is 14.3. The number of rotatable bonds is 11. The Labute approximate surface area is 267 Å². The van der Waals surface area contributed by atoms with E-state index in [9.17, 15) is 34.8 Å². The lowest BCUT2D eigenvalue weighted by atomic mass is 9.96. The fourth-order valence-corrected chi connectivity index (χ4v) is 5.30. The Bertz CT molecular complexity index is 1920. The van der Waals surface area contributed by atoms with Crippen LogP contribution in [0.5, 0.6) is 0 Å². The van der Waals surface area contributed by atoms with Crippen LogP contribution in [0.25, 0.3) is 10.9 Å². The Morgan fingerprint density at radius 1 is 1.04 bits per heavy atom. The van der Waals surface area contributed by atoms with Gasteiger partial charge in [-0.1, -0.05) is 54.1 Å². The molecule has 2 atom stereocenters.